The Balaban J connectivity index is 1.28. The first-order chi connectivity index (χ1) is 18.2. The van der Waals surface area contributed by atoms with Gasteiger partial charge in [0.15, 0.2) is 17.5 Å². The molecule has 6 atom stereocenters. The van der Waals surface area contributed by atoms with Crippen molar-refractivity contribution < 1.29 is 29.6 Å². The summed E-state index contributed by atoms with van der Waals surface area (Å²) in [7, 11) is 1.76. The van der Waals surface area contributed by atoms with Gasteiger partial charge in [-0.3, -0.25) is 4.79 Å². The standard InChI is InChI=1S/C31H34N2O5/c1-19-4-3-5-20(16-19)8-11-26(35)32(2)23-12-13-31(36)25-17-22-9-10-24(34)28-27(22)30(31,29(23)38-28)14-15-33(25,37)18-21-6-7-21/h3-5,9-10,16,21,23,25,29,36-37H,6-7,12-15,17-18H2,1-2H3/p+1/t23-,25-,29+,30+,31-,33?/m1/s1. The summed E-state index contributed by atoms with van der Waals surface area (Å²) in [6, 6.07) is 10.6. The molecule has 2 aromatic carbocycles. The lowest BCUT2D eigenvalue weighted by molar-refractivity contribution is -1.13. The fraction of sp³-hybridized carbons (Fsp3) is 0.516. The molecule has 2 aromatic rings. The van der Waals surface area contributed by atoms with Crippen molar-refractivity contribution >= 4 is 5.91 Å². The first-order valence-electron chi connectivity index (χ1n) is 13.9. The van der Waals surface area contributed by atoms with Gasteiger partial charge in [0.25, 0.3) is 5.91 Å². The summed E-state index contributed by atoms with van der Waals surface area (Å²) in [5.41, 5.74) is 1.79. The maximum Gasteiger partial charge on any atom is 0.298 e. The first-order valence-corrected chi connectivity index (χ1v) is 13.9. The Morgan fingerprint density at radius 2 is 2.03 bits per heavy atom. The van der Waals surface area contributed by atoms with E-state index in [-0.39, 0.29) is 28.4 Å². The largest absolute Gasteiger partial charge is 0.504 e. The Bertz CT molecular complexity index is 1410. The molecule has 3 N–H and O–H groups in total. The molecule has 38 heavy (non-hydrogen) atoms. The molecule has 2 saturated carbocycles. The van der Waals surface area contributed by atoms with E-state index in [0.29, 0.717) is 50.4 Å². The lowest BCUT2D eigenvalue weighted by atomic mass is 9.48. The van der Waals surface area contributed by atoms with E-state index in [0.717, 1.165) is 35.1 Å². The van der Waals surface area contributed by atoms with Crippen LogP contribution in [0.3, 0.4) is 0 Å². The summed E-state index contributed by atoms with van der Waals surface area (Å²) >= 11 is 0. The molecule has 0 radical (unpaired) electrons. The second kappa shape index (κ2) is 7.98. The van der Waals surface area contributed by atoms with Gasteiger partial charge >= 0.3 is 0 Å². The summed E-state index contributed by atoms with van der Waals surface area (Å²) in [5.74, 6) is 6.51. The molecule has 0 aromatic heterocycles. The zero-order valence-electron chi connectivity index (χ0n) is 22.0. The second-order valence-electron chi connectivity index (χ2n) is 12.3. The molecular weight excluding hydrogens is 480 g/mol. The number of aliphatic hydroxyl groups is 1. The van der Waals surface area contributed by atoms with Crippen molar-refractivity contribution in [2.45, 2.75) is 74.7 Å². The Kier molecular flexibility index (Phi) is 5.05. The maximum absolute atomic E-state index is 13.3. The van der Waals surface area contributed by atoms with E-state index in [1.165, 1.54) is 0 Å². The molecule has 7 rings (SSSR count). The fourth-order valence-corrected chi connectivity index (χ4v) is 8.24. The first kappa shape index (κ1) is 24.0. The summed E-state index contributed by atoms with van der Waals surface area (Å²) in [5, 5.41) is 35.4. The monoisotopic (exact) mass is 515 g/mol. The van der Waals surface area contributed by atoms with E-state index < -0.39 is 17.1 Å². The van der Waals surface area contributed by atoms with Crippen molar-refractivity contribution in [3.05, 3.63) is 58.7 Å². The maximum atomic E-state index is 13.3. The molecule has 1 spiro atoms. The molecule has 1 amide bonds. The molecule has 198 valence electrons. The van der Waals surface area contributed by atoms with E-state index in [4.69, 9.17) is 4.74 Å². The summed E-state index contributed by atoms with van der Waals surface area (Å²) in [6.07, 6.45) is 3.79. The van der Waals surface area contributed by atoms with Crippen LogP contribution in [0.15, 0.2) is 36.4 Å². The molecule has 7 heteroatoms. The average Bonchev–Trinajstić information content (AvgIpc) is 3.62. The van der Waals surface area contributed by atoms with Crippen molar-refractivity contribution in [3.8, 4) is 23.3 Å². The minimum Gasteiger partial charge on any atom is -0.504 e. The number of quaternary nitrogens is 1. The number of hydroxylamine groups is 3. The third-order valence-electron chi connectivity index (χ3n) is 10.2. The predicted molar refractivity (Wildman–Crippen MR) is 140 cm³/mol. The molecule has 2 heterocycles. The molecule has 1 saturated heterocycles. The van der Waals surface area contributed by atoms with Crippen molar-refractivity contribution in [1.82, 2.24) is 4.90 Å². The number of aryl methyl sites for hydroxylation is 1. The van der Waals surface area contributed by atoms with Crippen LogP contribution >= 0.6 is 0 Å². The highest BCUT2D eigenvalue weighted by atomic mass is 16.6. The van der Waals surface area contributed by atoms with Crippen LogP contribution in [0, 0.1) is 24.7 Å². The SMILES string of the molecule is Cc1cccc(C#CC(=O)N(C)[C@@H]2CC[C@@]3(O)[C@H]4Cc5ccc(O)c6c5[C@@]3(CC[N+]4(O)CC3CC3)[C@H]2O6)c1. The summed E-state index contributed by atoms with van der Waals surface area (Å²) < 4.78 is 6.45. The topological polar surface area (TPSA) is 90.2 Å². The normalized spacial score (nSPS) is 35.9. The number of hydrogen-bond acceptors (Lipinski definition) is 5. The van der Waals surface area contributed by atoms with Crippen LogP contribution in [0.2, 0.25) is 0 Å². The average molecular weight is 516 g/mol. The third kappa shape index (κ3) is 3.17. The number of rotatable bonds is 3. The number of phenolic OH excluding ortho intramolecular Hbond substituents is 1. The van der Waals surface area contributed by atoms with Crippen LogP contribution < -0.4 is 4.74 Å². The van der Waals surface area contributed by atoms with Gasteiger partial charge in [-0.15, -0.1) is 0 Å². The van der Waals surface area contributed by atoms with Gasteiger partial charge in [0.1, 0.15) is 24.8 Å². The molecule has 2 bridgehead atoms. The number of ether oxygens (including phenoxy) is 1. The molecular formula is C31H35N2O5+. The van der Waals surface area contributed by atoms with E-state index in [2.05, 4.69) is 11.8 Å². The number of likely N-dealkylation sites (N-methyl/N-ethyl adjacent to an activating group) is 1. The van der Waals surface area contributed by atoms with Crippen molar-refractivity contribution in [2.75, 3.05) is 20.1 Å². The van der Waals surface area contributed by atoms with Gasteiger partial charge in [-0.2, -0.15) is 4.65 Å². The minimum absolute atomic E-state index is 0.0635. The lowest BCUT2D eigenvalue weighted by Gasteiger charge is -2.64. The van der Waals surface area contributed by atoms with Crippen LogP contribution in [0.4, 0.5) is 0 Å². The van der Waals surface area contributed by atoms with Crippen LogP contribution in [-0.4, -0.2) is 74.8 Å². The second-order valence-corrected chi connectivity index (χ2v) is 12.3. The number of piperidine rings is 1. The van der Waals surface area contributed by atoms with E-state index in [9.17, 15) is 20.2 Å². The number of amides is 1. The number of aromatic hydroxyl groups is 1. The molecule has 5 aliphatic rings. The Morgan fingerprint density at radius 3 is 2.79 bits per heavy atom. The number of nitrogens with zero attached hydrogens (tertiary/aromatic N) is 2. The van der Waals surface area contributed by atoms with Crippen LogP contribution in [0.1, 0.15) is 54.4 Å². The van der Waals surface area contributed by atoms with Gasteiger partial charge in [0, 0.05) is 42.9 Å². The molecule has 2 aliphatic heterocycles. The zero-order valence-corrected chi connectivity index (χ0v) is 22.0. The number of phenols is 1. The highest BCUT2D eigenvalue weighted by Crippen LogP contribution is 2.66. The van der Waals surface area contributed by atoms with E-state index >= 15 is 0 Å². The van der Waals surface area contributed by atoms with Crippen molar-refractivity contribution in [1.29, 1.82) is 0 Å². The predicted octanol–water partition coefficient (Wildman–Crippen LogP) is 3.05. The van der Waals surface area contributed by atoms with Gasteiger partial charge in [0.05, 0.1) is 11.5 Å². The van der Waals surface area contributed by atoms with Crippen LogP contribution in [-0.2, 0) is 16.6 Å². The highest BCUT2D eigenvalue weighted by molar-refractivity contribution is 5.94. The van der Waals surface area contributed by atoms with E-state index in [1.807, 2.05) is 37.3 Å². The molecule has 3 aliphatic carbocycles. The zero-order chi connectivity index (χ0) is 26.4. The van der Waals surface area contributed by atoms with Gasteiger partial charge in [0.2, 0.25) is 0 Å². The Morgan fingerprint density at radius 1 is 1.21 bits per heavy atom. The quantitative estimate of drug-likeness (QED) is 0.432. The minimum atomic E-state index is -1.20. The number of carbonyl (C=O) groups is 1. The Labute approximate surface area is 223 Å². The molecule has 3 fully saturated rings. The van der Waals surface area contributed by atoms with Crippen LogP contribution in [0.25, 0.3) is 0 Å². The number of hydrogen-bond donors (Lipinski definition) is 3. The number of carbonyl (C=O) groups excluding carboxylic acids is 1. The summed E-state index contributed by atoms with van der Waals surface area (Å²) in [6.45, 7) is 3.19. The highest BCUT2D eigenvalue weighted by Gasteiger charge is 2.77. The fourth-order valence-electron chi connectivity index (χ4n) is 8.24. The summed E-state index contributed by atoms with van der Waals surface area (Å²) in [4.78, 5) is 15.0. The van der Waals surface area contributed by atoms with Crippen LogP contribution in [0.5, 0.6) is 11.5 Å². The molecule has 7 nitrogen and oxygen atoms in total. The molecule has 1 unspecified atom stereocenters. The lowest BCUT2D eigenvalue weighted by Crippen LogP contribution is -2.82. The van der Waals surface area contributed by atoms with Crippen molar-refractivity contribution in [2.24, 2.45) is 5.92 Å². The van der Waals surface area contributed by atoms with Gasteiger partial charge in [-0.25, -0.2) is 5.21 Å². The number of likely N-dealkylation sites (tertiary alicyclic amines) is 1. The smallest absolute Gasteiger partial charge is 0.298 e. The van der Waals surface area contributed by atoms with Gasteiger partial charge in [-0.1, -0.05) is 24.1 Å². The van der Waals surface area contributed by atoms with Gasteiger partial charge in [-0.05, 0) is 61.9 Å². The third-order valence-corrected chi connectivity index (χ3v) is 10.2. The number of benzene rings is 2. The van der Waals surface area contributed by atoms with Crippen molar-refractivity contribution in [3.63, 3.8) is 0 Å². The van der Waals surface area contributed by atoms with Gasteiger partial charge < -0.3 is 19.8 Å². The van der Waals surface area contributed by atoms with E-state index in [1.54, 1.807) is 18.0 Å². The Hall–Kier alpha value is -3.05.